The van der Waals surface area contributed by atoms with Crippen molar-refractivity contribution in [3.05, 3.63) is 34.3 Å². The fraction of sp³-hybridized carbons (Fsp3) is 0.500. The Balaban J connectivity index is 2.71. The van der Waals surface area contributed by atoms with Gasteiger partial charge in [0, 0.05) is 17.1 Å². The van der Waals surface area contributed by atoms with E-state index in [0.29, 0.717) is 5.92 Å². The Labute approximate surface area is 117 Å². The van der Waals surface area contributed by atoms with Gasteiger partial charge in [-0.1, -0.05) is 35.0 Å². The van der Waals surface area contributed by atoms with Crippen LogP contribution in [0.5, 0.6) is 0 Å². The molecule has 3 nitrogen and oxygen atoms in total. The molecule has 1 N–H and O–H groups in total. The van der Waals surface area contributed by atoms with Crippen molar-refractivity contribution in [2.24, 2.45) is 0 Å². The second-order valence-electron chi connectivity index (χ2n) is 4.87. The van der Waals surface area contributed by atoms with Gasteiger partial charge in [0.2, 0.25) is 0 Å². The number of hydrogen-bond donors (Lipinski definition) is 1. The molecule has 0 amide bonds. The second-order valence-corrected chi connectivity index (χ2v) is 5.79. The molecule has 0 bridgehead atoms. The Kier molecular flexibility index (Phi) is 5.82. The minimum atomic E-state index is -0.773. The number of benzene rings is 1. The van der Waals surface area contributed by atoms with Crippen LogP contribution < -0.4 is 0 Å². The topological polar surface area (TPSA) is 40.5 Å². The lowest BCUT2D eigenvalue weighted by molar-refractivity contribution is -0.138. The first kappa shape index (κ1) is 15.2. The van der Waals surface area contributed by atoms with E-state index in [1.807, 2.05) is 30.9 Å². The molecule has 1 rings (SSSR count). The van der Waals surface area contributed by atoms with Crippen LogP contribution in [0.15, 0.2) is 28.7 Å². The summed E-state index contributed by atoms with van der Waals surface area (Å²) >= 11 is 3.46. The Morgan fingerprint density at radius 1 is 1.39 bits per heavy atom. The van der Waals surface area contributed by atoms with Gasteiger partial charge in [-0.2, -0.15) is 0 Å². The lowest BCUT2D eigenvalue weighted by atomic mass is 10.0. The highest BCUT2D eigenvalue weighted by atomic mass is 79.9. The highest BCUT2D eigenvalue weighted by Crippen LogP contribution is 2.21. The number of aliphatic carboxylic acids is 1. The molecular formula is C14H20BrNO2. The van der Waals surface area contributed by atoms with Crippen molar-refractivity contribution < 1.29 is 9.90 Å². The number of carboxylic acid groups (broad SMARTS) is 1. The van der Waals surface area contributed by atoms with Crippen molar-refractivity contribution in [1.29, 1.82) is 0 Å². The molecule has 1 atom stereocenters. The minimum absolute atomic E-state index is 0.0933. The monoisotopic (exact) mass is 313 g/mol. The average Bonchev–Trinajstić information content (AvgIpc) is 2.27. The number of hydrogen-bond acceptors (Lipinski definition) is 2. The van der Waals surface area contributed by atoms with Crippen LogP contribution in [0, 0.1) is 0 Å². The molecule has 0 fully saturated rings. The van der Waals surface area contributed by atoms with E-state index in [4.69, 9.17) is 5.11 Å². The van der Waals surface area contributed by atoms with Crippen molar-refractivity contribution in [2.75, 3.05) is 13.1 Å². The average molecular weight is 314 g/mol. The Morgan fingerprint density at radius 3 is 2.56 bits per heavy atom. The van der Waals surface area contributed by atoms with Gasteiger partial charge in [-0.05, 0) is 37.5 Å². The number of carboxylic acids is 1. The van der Waals surface area contributed by atoms with E-state index in [2.05, 4.69) is 35.0 Å². The third-order valence-electron chi connectivity index (χ3n) is 2.99. The van der Waals surface area contributed by atoms with Crippen LogP contribution in [0.4, 0.5) is 0 Å². The molecule has 0 aromatic heterocycles. The summed E-state index contributed by atoms with van der Waals surface area (Å²) in [5.41, 5.74) is 1.22. The largest absolute Gasteiger partial charge is 0.480 e. The maximum Gasteiger partial charge on any atom is 0.317 e. The van der Waals surface area contributed by atoms with E-state index in [-0.39, 0.29) is 12.6 Å². The third-order valence-corrected chi connectivity index (χ3v) is 3.49. The molecule has 0 saturated carbocycles. The zero-order valence-corrected chi connectivity index (χ0v) is 12.6. The van der Waals surface area contributed by atoms with Crippen molar-refractivity contribution >= 4 is 21.9 Å². The molecule has 0 aliphatic carbocycles. The summed E-state index contributed by atoms with van der Waals surface area (Å²) in [6.45, 7) is 7.02. The third kappa shape index (κ3) is 4.78. The summed E-state index contributed by atoms with van der Waals surface area (Å²) in [7, 11) is 0. The van der Waals surface area contributed by atoms with Gasteiger partial charge in [-0.25, -0.2) is 0 Å². The van der Waals surface area contributed by atoms with Gasteiger partial charge in [0.05, 0.1) is 6.54 Å². The van der Waals surface area contributed by atoms with E-state index in [0.717, 1.165) is 11.0 Å². The van der Waals surface area contributed by atoms with Gasteiger partial charge in [0.25, 0.3) is 0 Å². The molecule has 0 heterocycles. The Hall–Kier alpha value is -0.870. The molecule has 18 heavy (non-hydrogen) atoms. The summed E-state index contributed by atoms with van der Waals surface area (Å²) in [6.07, 6.45) is 0. The summed E-state index contributed by atoms with van der Waals surface area (Å²) in [4.78, 5) is 12.8. The van der Waals surface area contributed by atoms with Gasteiger partial charge in [0.15, 0.2) is 0 Å². The molecule has 1 unspecified atom stereocenters. The lowest BCUT2D eigenvalue weighted by Crippen LogP contribution is -2.38. The zero-order chi connectivity index (χ0) is 13.7. The predicted molar refractivity (Wildman–Crippen MR) is 76.9 cm³/mol. The first-order chi connectivity index (χ1) is 8.40. The molecule has 0 aliphatic heterocycles. The minimum Gasteiger partial charge on any atom is -0.480 e. The smallest absolute Gasteiger partial charge is 0.317 e. The number of halogens is 1. The second kappa shape index (κ2) is 6.90. The maximum absolute atomic E-state index is 10.8. The number of nitrogens with zero attached hydrogens (tertiary/aromatic N) is 1. The fourth-order valence-corrected chi connectivity index (χ4v) is 2.32. The molecule has 0 radical (unpaired) electrons. The zero-order valence-electron chi connectivity index (χ0n) is 11.1. The van der Waals surface area contributed by atoms with E-state index >= 15 is 0 Å². The summed E-state index contributed by atoms with van der Waals surface area (Å²) in [6, 6.07) is 8.40. The molecule has 0 saturated heterocycles. The quantitative estimate of drug-likeness (QED) is 0.875. The Bertz CT molecular complexity index is 407. The van der Waals surface area contributed by atoms with Crippen LogP contribution in [0.1, 0.15) is 32.3 Å². The van der Waals surface area contributed by atoms with Crippen molar-refractivity contribution in [3.63, 3.8) is 0 Å². The summed E-state index contributed by atoms with van der Waals surface area (Å²) in [5.74, 6) is -0.464. The molecule has 4 heteroatoms. The normalized spacial score (nSPS) is 13.0. The van der Waals surface area contributed by atoms with E-state index in [9.17, 15) is 4.79 Å². The molecule has 1 aromatic carbocycles. The van der Waals surface area contributed by atoms with Crippen LogP contribution in [0.25, 0.3) is 0 Å². The van der Waals surface area contributed by atoms with Gasteiger partial charge in [-0.3, -0.25) is 9.69 Å². The lowest BCUT2D eigenvalue weighted by Gasteiger charge is -2.28. The summed E-state index contributed by atoms with van der Waals surface area (Å²) < 4.78 is 1.06. The fourth-order valence-electron chi connectivity index (χ4n) is 1.90. The Morgan fingerprint density at radius 2 is 2.06 bits per heavy atom. The van der Waals surface area contributed by atoms with Crippen LogP contribution in [-0.4, -0.2) is 35.1 Å². The summed E-state index contributed by atoms with van der Waals surface area (Å²) in [5, 5.41) is 8.91. The molecular weight excluding hydrogens is 294 g/mol. The van der Waals surface area contributed by atoms with Gasteiger partial charge < -0.3 is 5.11 Å². The highest BCUT2D eigenvalue weighted by Gasteiger charge is 2.17. The maximum atomic E-state index is 10.8. The van der Waals surface area contributed by atoms with Crippen LogP contribution in [0.3, 0.4) is 0 Å². The van der Waals surface area contributed by atoms with Crippen LogP contribution in [-0.2, 0) is 4.79 Å². The van der Waals surface area contributed by atoms with Gasteiger partial charge in [0.1, 0.15) is 0 Å². The van der Waals surface area contributed by atoms with Gasteiger partial charge >= 0.3 is 5.97 Å². The first-order valence-electron chi connectivity index (χ1n) is 6.11. The molecule has 0 aliphatic rings. The van der Waals surface area contributed by atoms with E-state index < -0.39 is 5.97 Å². The van der Waals surface area contributed by atoms with Crippen molar-refractivity contribution in [2.45, 2.75) is 32.7 Å². The number of rotatable bonds is 6. The van der Waals surface area contributed by atoms with Crippen molar-refractivity contribution in [3.8, 4) is 0 Å². The first-order valence-corrected chi connectivity index (χ1v) is 6.90. The molecule has 100 valence electrons. The molecule has 1 aromatic rings. The van der Waals surface area contributed by atoms with E-state index in [1.54, 1.807) is 0 Å². The van der Waals surface area contributed by atoms with Gasteiger partial charge in [-0.15, -0.1) is 0 Å². The van der Waals surface area contributed by atoms with Crippen LogP contribution >= 0.6 is 15.9 Å². The SMILES string of the molecule is CC(CN(CC(=O)O)C(C)C)c1cccc(Br)c1. The number of carbonyl (C=O) groups is 1. The van der Waals surface area contributed by atoms with E-state index in [1.165, 1.54) is 5.56 Å². The highest BCUT2D eigenvalue weighted by molar-refractivity contribution is 9.10. The van der Waals surface area contributed by atoms with Crippen molar-refractivity contribution in [1.82, 2.24) is 4.90 Å². The molecule has 0 spiro atoms. The standard InChI is InChI=1S/C14H20BrNO2/c1-10(2)16(9-14(17)18)8-11(3)12-5-4-6-13(15)7-12/h4-7,10-11H,8-9H2,1-3H3,(H,17,18). The van der Waals surface area contributed by atoms with Crippen LogP contribution in [0.2, 0.25) is 0 Å². The predicted octanol–water partition coefficient (Wildman–Crippen LogP) is 3.35.